The minimum atomic E-state index is -0.864. The molecule has 1 aliphatic rings. The van der Waals surface area contributed by atoms with Crippen molar-refractivity contribution in [3.63, 3.8) is 0 Å². The second-order valence-corrected chi connectivity index (χ2v) is 7.42. The van der Waals surface area contributed by atoms with E-state index in [4.69, 9.17) is 4.74 Å². The Morgan fingerprint density at radius 3 is 2.86 bits per heavy atom. The average Bonchev–Trinajstić information content (AvgIpc) is 3.08. The van der Waals surface area contributed by atoms with Crippen molar-refractivity contribution in [1.29, 1.82) is 0 Å². The third-order valence-electron chi connectivity index (χ3n) is 3.68. The summed E-state index contributed by atoms with van der Waals surface area (Å²) in [4.78, 5) is 12.6. The largest absolute Gasteiger partial charge is 0.481 e. The molecule has 1 saturated heterocycles. The average molecular weight is 373 g/mol. The molecular formula is C12H13BrN4O3S. The molecule has 7 nitrogen and oxygen atoms in total. The lowest BCUT2D eigenvalue weighted by Gasteiger charge is -2.32. The molecule has 0 unspecified atom stereocenters. The monoisotopic (exact) mass is 372 g/mol. The molecule has 0 aromatic carbocycles. The first-order valence-electron chi connectivity index (χ1n) is 6.44. The molecule has 0 saturated carbocycles. The topological polar surface area (TPSA) is 90.1 Å². The Bertz CT molecular complexity index is 650. The fraction of sp³-hybridized carbons (Fsp3) is 0.500. The zero-order valence-electron chi connectivity index (χ0n) is 11.0. The van der Waals surface area contributed by atoms with Gasteiger partial charge in [-0.25, -0.2) is 4.68 Å². The van der Waals surface area contributed by atoms with Crippen LogP contribution in [-0.4, -0.2) is 44.5 Å². The van der Waals surface area contributed by atoms with E-state index in [1.807, 2.05) is 12.1 Å². The fourth-order valence-electron chi connectivity index (χ4n) is 2.41. The Morgan fingerprint density at radius 1 is 1.48 bits per heavy atom. The summed E-state index contributed by atoms with van der Waals surface area (Å²) in [5.74, 6) is -0.225. The van der Waals surface area contributed by atoms with Gasteiger partial charge in [-0.2, -0.15) is 0 Å². The van der Waals surface area contributed by atoms with Gasteiger partial charge in [0.25, 0.3) is 0 Å². The number of thiophene rings is 1. The van der Waals surface area contributed by atoms with Crippen molar-refractivity contribution >= 4 is 33.2 Å². The van der Waals surface area contributed by atoms with E-state index < -0.39 is 11.4 Å². The number of halogens is 1. The van der Waals surface area contributed by atoms with Gasteiger partial charge in [0.15, 0.2) is 5.82 Å². The number of hydrogen-bond donors (Lipinski definition) is 1. The summed E-state index contributed by atoms with van der Waals surface area (Å²) in [6, 6.07) is 3.83. The van der Waals surface area contributed by atoms with E-state index in [0.29, 0.717) is 31.9 Å². The van der Waals surface area contributed by atoms with Crippen LogP contribution in [0, 0.1) is 5.41 Å². The van der Waals surface area contributed by atoms with Crippen LogP contribution in [0.1, 0.15) is 12.8 Å². The number of rotatable bonds is 4. The quantitative estimate of drug-likeness (QED) is 0.882. The molecule has 0 bridgehead atoms. The Kier molecular flexibility index (Phi) is 4.05. The smallest absolute Gasteiger partial charge is 0.311 e. The summed E-state index contributed by atoms with van der Waals surface area (Å²) in [6.07, 6.45) is 0.936. The summed E-state index contributed by atoms with van der Waals surface area (Å²) in [7, 11) is 0. The number of nitrogens with zero attached hydrogens (tertiary/aromatic N) is 4. The number of aromatic nitrogens is 4. The SMILES string of the molecule is O=C(O)C1(Cn2nnnc2-c2ccc(Br)s2)CCOCC1. The summed E-state index contributed by atoms with van der Waals surface area (Å²) >= 11 is 4.91. The highest BCUT2D eigenvalue weighted by molar-refractivity contribution is 9.11. The van der Waals surface area contributed by atoms with Gasteiger partial charge in [0, 0.05) is 13.2 Å². The van der Waals surface area contributed by atoms with Crippen LogP contribution in [0.2, 0.25) is 0 Å². The van der Waals surface area contributed by atoms with Gasteiger partial charge in [-0.05, 0) is 51.3 Å². The molecule has 0 radical (unpaired) electrons. The molecule has 2 aromatic heterocycles. The normalized spacial score (nSPS) is 17.8. The molecule has 3 rings (SSSR count). The van der Waals surface area contributed by atoms with Gasteiger partial charge < -0.3 is 9.84 Å². The molecule has 2 aromatic rings. The van der Waals surface area contributed by atoms with Crippen molar-refractivity contribution in [2.45, 2.75) is 19.4 Å². The zero-order chi connectivity index (χ0) is 14.9. The highest BCUT2D eigenvalue weighted by atomic mass is 79.9. The predicted octanol–water partition coefficient (Wildman–Crippen LogP) is 2.05. The highest BCUT2D eigenvalue weighted by Gasteiger charge is 2.41. The standard InChI is InChI=1S/C12H13BrN4O3S/c13-9-2-1-8(21-9)10-14-15-16-17(10)7-12(11(18)19)3-5-20-6-4-12/h1-2H,3-7H2,(H,18,19). The number of ether oxygens (including phenoxy) is 1. The first-order valence-corrected chi connectivity index (χ1v) is 8.05. The van der Waals surface area contributed by atoms with E-state index >= 15 is 0 Å². The molecule has 1 N–H and O–H groups in total. The summed E-state index contributed by atoms with van der Waals surface area (Å²) < 4.78 is 7.84. The van der Waals surface area contributed by atoms with Gasteiger partial charge in [0.05, 0.1) is 20.6 Å². The number of hydrogen-bond acceptors (Lipinski definition) is 6. The molecule has 0 spiro atoms. The second-order valence-electron chi connectivity index (χ2n) is 4.96. The highest BCUT2D eigenvalue weighted by Crippen LogP contribution is 2.35. The molecule has 0 amide bonds. The van der Waals surface area contributed by atoms with Crippen LogP contribution in [0.4, 0.5) is 0 Å². The molecule has 0 aliphatic carbocycles. The van der Waals surface area contributed by atoms with Gasteiger partial charge in [-0.1, -0.05) is 0 Å². The van der Waals surface area contributed by atoms with Gasteiger partial charge in [0.2, 0.25) is 0 Å². The fourth-order valence-corrected chi connectivity index (χ4v) is 3.79. The van der Waals surface area contributed by atoms with Crippen LogP contribution in [-0.2, 0) is 16.1 Å². The van der Waals surface area contributed by atoms with Crippen molar-refractivity contribution in [3.8, 4) is 10.7 Å². The zero-order valence-corrected chi connectivity index (χ0v) is 13.4. The number of tetrazole rings is 1. The van der Waals surface area contributed by atoms with Crippen LogP contribution < -0.4 is 0 Å². The third kappa shape index (κ3) is 2.85. The van der Waals surface area contributed by atoms with Crippen molar-refractivity contribution < 1.29 is 14.6 Å². The van der Waals surface area contributed by atoms with E-state index in [0.717, 1.165) is 8.66 Å². The number of carboxylic acid groups (broad SMARTS) is 1. The summed E-state index contributed by atoms with van der Waals surface area (Å²) in [5, 5.41) is 21.3. The molecule has 1 aliphatic heterocycles. The third-order valence-corrected chi connectivity index (χ3v) is 5.30. The van der Waals surface area contributed by atoms with Crippen molar-refractivity contribution in [2.75, 3.05) is 13.2 Å². The minimum absolute atomic E-state index is 0.254. The lowest BCUT2D eigenvalue weighted by atomic mass is 9.80. The maximum Gasteiger partial charge on any atom is 0.311 e. The lowest BCUT2D eigenvalue weighted by Crippen LogP contribution is -2.41. The molecular weight excluding hydrogens is 360 g/mol. The van der Waals surface area contributed by atoms with Crippen molar-refractivity contribution in [3.05, 3.63) is 15.9 Å². The van der Waals surface area contributed by atoms with E-state index in [1.165, 1.54) is 11.3 Å². The van der Waals surface area contributed by atoms with Crippen molar-refractivity contribution in [2.24, 2.45) is 5.41 Å². The summed E-state index contributed by atoms with van der Waals surface area (Å²) in [5.41, 5.74) is -0.864. The van der Waals surface area contributed by atoms with Gasteiger partial charge in [0.1, 0.15) is 0 Å². The van der Waals surface area contributed by atoms with Crippen LogP contribution in [0.3, 0.4) is 0 Å². The van der Waals surface area contributed by atoms with Crippen LogP contribution in [0.15, 0.2) is 15.9 Å². The first-order chi connectivity index (χ1) is 10.1. The van der Waals surface area contributed by atoms with Crippen LogP contribution in [0.5, 0.6) is 0 Å². The number of carbonyl (C=O) groups is 1. The van der Waals surface area contributed by atoms with Gasteiger partial charge in [-0.15, -0.1) is 16.4 Å². The number of carboxylic acids is 1. The van der Waals surface area contributed by atoms with E-state index in [1.54, 1.807) is 4.68 Å². The van der Waals surface area contributed by atoms with E-state index in [2.05, 4.69) is 31.5 Å². The molecule has 112 valence electrons. The maximum atomic E-state index is 11.7. The predicted molar refractivity (Wildman–Crippen MR) is 79.0 cm³/mol. The molecule has 9 heteroatoms. The maximum absolute atomic E-state index is 11.7. The van der Waals surface area contributed by atoms with Gasteiger partial charge >= 0.3 is 5.97 Å². The second kappa shape index (κ2) is 5.82. The van der Waals surface area contributed by atoms with E-state index in [9.17, 15) is 9.90 Å². The molecule has 1 fully saturated rings. The Labute approximate surface area is 133 Å². The Morgan fingerprint density at radius 2 is 2.24 bits per heavy atom. The van der Waals surface area contributed by atoms with Crippen LogP contribution >= 0.6 is 27.3 Å². The first kappa shape index (κ1) is 14.6. The minimum Gasteiger partial charge on any atom is -0.481 e. The van der Waals surface area contributed by atoms with Gasteiger partial charge in [-0.3, -0.25) is 4.79 Å². The summed E-state index contributed by atoms with van der Waals surface area (Å²) in [6.45, 7) is 1.16. The Hall–Kier alpha value is -1.32. The lowest BCUT2D eigenvalue weighted by molar-refractivity contribution is -0.156. The van der Waals surface area contributed by atoms with Crippen LogP contribution in [0.25, 0.3) is 10.7 Å². The number of aliphatic carboxylic acids is 1. The molecule has 3 heterocycles. The Balaban J connectivity index is 1.91. The molecule has 0 atom stereocenters. The molecule has 21 heavy (non-hydrogen) atoms. The van der Waals surface area contributed by atoms with E-state index in [-0.39, 0.29) is 6.54 Å². The van der Waals surface area contributed by atoms with Crippen molar-refractivity contribution in [1.82, 2.24) is 20.2 Å².